The third-order valence-electron chi connectivity index (χ3n) is 5.11. The molecule has 0 N–H and O–H groups in total. The van der Waals surface area contributed by atoms with Crippen LogP contribution in [0.25, 0.3) is 0 Å². The second-order valence-electron chi connectivity index (χ2n) is 7.72. The molecule has 1 heterocycles. The summed E-state index contributed by atoms with van der Waals surface area (Å²) in [7, 11) is 2.47. The minimum absolute atomic E-state index is 0.305. The SMILES string of the molecule is COCC(C)Cc1cccc(C(=O)OC)c1B1OC(C)(C)C(C)(C)O1. The molecule has 0 aliphatic carbocycles. The Kier molecular flexibility index (Phi) is 5.97. The third-order valence-corrected chi connectivity index (χ3v) is 5.11. The molecule has 1 aromatic carbocycles. The molecule has 0 amide bonds. The predicted molar refractivity (Wildman–Crippen MR) is 98.2 cm³/mol. The van der Waals surface area contributed by atoms with Crippen molar-refractivity contribution in [3.8, 4) is 0 Å². The van der Waals surface area contributed by atoms with Crippen molar-refractivity contribution in [3.05, 3.63) is 29.3 Å². The van der Waals surface area contributed by atoms with Crippen molar-refractivity contribution in [2.75, 3.05) is 20.8 Å². The normalized spacial score (nSPS) is 19.7. The van der Waals surface area contributed by atoms with Crippen molar-refractivity contribution in [2.45, 2.75) is 52.2 Å². The summed E-state index contributed by atoms with van der Waals surface area (Å²) in [6, 6.07) is 5.64. The van der Waals surface area contributed by atoms with Crippen molar-refractivity contribution in [1.82, 2.24) is 0 Å². The van der Waals surface area contributed by atoms with E-state index in [9.17, 15) is 4.79 Å². The Morgan fingerprint density at radius 3 is 2.28 bits per heavy atom. The van der Waals surface area contributed by atoms with Crippen LogP contribution in [0.1, 0.15) is 50.5 Å². The van der Waals surface area contributed by atoms with E-state index in [2.05, 4.69) is 6.92 Å². The fourth-order valence-corrected chi connectivity index (χ4v) is 3.04. The highest BCUT2D eigenvalue weighted by molar-refractivity contribution is 6.64. The van der Waals surface area contributed by atoms with Crippen molar-refractivity contribution in [3.63, 3.8) is 0 Å². The zero-order valence-electron chi connectivity index (χ0n) is 16.3. The number of benzene rings is 1. The second-order valence-corrected chi connectivity index (χ2v) is 7.72. The van der Waals surface area contributed by atoms with Gasteiger partial charge in [-0.1, -0.05) is 19.1 Å². The van der Waals surface area contributed by atoms with E-state index >= 15 is 0 Å². The molecule has 2 rings (SSSR count). The average molecular weight is 348 g/mol. The Morgan fingerprint density at radius 1 is 1.16 bits per heavy atom. The van der Waals surface area contributed by atoms with Crippen LogP contribution in [0.3, 0.4) is 0 Å². The fraction of sp³-hybridized carbons (Fsp3) is 0.632. The molecule has 25 heavy (non-hydrogen) atoms. The zero-order chi connectivity index (χ0) is 18.8. The summed E-state index contributed by atoms with van der Waals surface area (Å²) < 4.78 is 22.6. The van der Waals surface area contributed by atoms with Gasteiger partial charge in [0.2, 0.25) is 0 Å². The van der Waals surface area contributed by atoms with E-state index in [-0.39, 0.29) is 5.97 Å². The standard InChI is InChI=1S/C19H29BO5/c1-13(12-22-6)11-14-9-8-10-15(17(21)23-7)16(14)20-24-18(2,3)19(4,5)25-20/h8-10,13H,11-12H2,1-7H3. The van der Waals surface area contributed by atoms with Crippen molar-refractivity contribution in [2.24, 2.45) is 5.92 Å². The maximum Gasteiger partial charge on any atom is 0.496 e. The van der Waals surface area contributed by atoms with E-state index in [1.165, 1.54) is 7.11 Å². The predicted octanol–water partition coefficient (Wildman–Crippen LogP) is 2.60. The van der Waals surface area contributed by atoms with Crippen LogP contribution in [0.4, 0.5) is 0 Å². The molecule has 138 valence electrons. The molecule has 0 aromatic heterocycles. The highest BCUT2D eigenvalue weighted by Crippen LogP contribution is 2.37. The molecular weight excluding hydrogens is 319 g/mol. The molecule has 0 saturated carbocycles. The maximum absolute atomic E-state index is 12.3. The Hall–Kier alpha value is -1.37. The molecular formula is C19H29BO5. The number of esters is 1. The van der Waals surface area contributed by atoms with Crippen molar-refractivity contribution < 1.29 is 23.6 Å². The van der Waals surface area contributed by atoms with Gasteiger partial charge in [-0.3, -0.25) is 0 Å². The number of rotatable bonds is 6. The van der Waals surface area contributed by atoms with Gasteiger partial charge in [0, 0.05) is 19.2 Å². The van der Waals surface area contributed by atoms with E-state index in [0.29, 0.717) is 18.1 Å². The van der Waals surface area contributed by atoms with Crippen LogP contribution in [0.2, 0.25) is 0 Å². The van der Waals surface area contributed by atoms with Crippen molar-refractivity contribution >= 4 is 18.6 Å². The fourth-order valence-electron chi connectivity index (χ4n) is 3.04. The Labute approximate surface area is 151 Å². The van der Waals surface area contributed by atoms with Crippen LogP contribution in [0, 0.1) is 5.92 Å². The summed E-state index contributed by atoms with van der Waals surface area (Å²) >= 11 is 0. The molecule has 0 spiro atoms. The van der Waals surface area contributed by atoms with Crippen LogP contribution in [0.15, 0.2) is 18.2 Å². The maximum atomic E-state index is 12.3. The first kappa shape index (κ1) is 20.0. The van der Waals surface area contributed by atoms with Crippen molar-refractivity contribution in [1.29, 1.82) is 0 Å². The summed E-state index contributed by atoms with van der Waals surface area (Å²) in [5, 5.41) is 0. The lowest BCUT2D eigenvalue weighted by Gasteiger charge is -2.32. The van der Waals surface area contributed by atoms with E-state index in [1.54, 1.807) is 13.2 Å². The van der Waals surface area contributed by atoms with E-state index < -0.39 is 18.3 Å². The van der Waals surface area contributed by atoms with Gasteiger partial charge in [-0.15, -0.1) is 0 Å². The summed E-state index contributed by atoms with van der Waals surface area (Å²) in [6.07, 6.45) is 0.762. The second kappa shape index (κ2) is 7.48. The molecule has 1 aromatic rings. The molecule has 1 atom stereocenters. The highest BCUT2D eigenvalue weighted by Gasteiger charge is 2.53. The van der Waals surface area contributed by atoms with Gasteiger partial charge in [-0.2, -0.15) is 0 Å². The average Bonchev–Trinajstić information content (AvgIpc) is 2.74. The molecule has 0 radical (unpaired) electrons. The molecule has 1 saturated heterocycles. The van der Waals surface area contributed by atoms with Gasteiger partial charge >= 0.3 is 13.1 Å². The van der Waals surface area contributed by atoms with Gasteiger partial charge in [0.1, 0.15) is 0 Å². The van der Waals surface area contributed by atoms with Gasteiger partial charge in [-0.05, 0) is 51.7 Å². The number of methoxy groups -OCH3 is 2. The third kappa shape index (κ3) is 4.07. The summed E-state index contributed by atoms with van der Waals surface area (Å²) in [6.45, 7) is 10.8. The van der Waals surface area contributed by atoms with Crippen LogP contribution >= 0.6 is 0 Å². The molecule has 1 aliphatic rings. The first-order valence-corrected chi connectivity index (χ1v) is 8.67. The lowest BCUT2D eigenvalue weighted by atomic mass is 9.71. The quantitative estimate of drug-likeness (QED) is 0.584. The molecule has 1 unspecified atom stereocenters. The lowest BCUT2D eigenvalue weighted by Crippen LogP contribution is -2.41. The molecule has 6 heteroatoms. The first-order valence-electron chi connectivity index (χ1n) is 8.67. The Balaban J connectivity index is 2.47. The summed E-state index contributed by atoms with van der Waals surface area (Å²) in [4.78, 5) is 12.3. The molecule has 1 fully saturated rings. The van der Waals surface area contributed by atoms with Crippen LogP contribution in [0.5, 0.6) is 0 Å². The summed E-state index contributed by atoms with van der Waals surface area (Å²) in [5.74, 6) is -0.0787. The zero-order valence-corrected chi connectivity index (χ0v) is 16.3. The van der Waals surface area contributed by atoms with Gasteiger partial charge in [0.25, 0.3) is 0 Å². The number of hydrogen-bond acceptors (Lipinski definition) is 5. The smallest absolute Gasteiger partial charge is 0.465 e. The molecule has 0 bridgehead atoms. The lowest BCUT2D eigenvalue weighted by molar-refractivity contribution is 0.00578. The van der Waals surface area contributed by atoms with E-state index in [0.717, 1.165) is 17.4 Å². The van der Waals surface area contributed by atoms with Crippen LogP contribution in [-0.2, 0) is 25.2 Å². The van der Waals surface area contributed by atoms with Gasteiger partial charge in [0.15, 0.2) is 0 Å². The first-order chi connectivity index (χ1) is 11.6. The monoisotopic (exact) mass is 348 g/mol. The number of carbonyl (C=O) groups excluding carboxylic acids is 1. The highest BCUT2D eigenvalue weighted by atomic mass is 16.7. The van der Waals surface area contributed by atoms with Gasteiger partial charge < -0.3 is 18.8 Å². The van der Waals surface area contributed by atoms with Gasteiger partial charge in [0.05, 0.1) is 23.9 Å². The van der Waals surface area contributed by atoms with E-state index in [4.69, 9.17) is 18.8 Å². The van der Waals surface area contributed by atoms with Crippen LogP contribution < -0.4 is 5.46 Å². The summed E-state index contributed by atoms with van der Waals surface area (Å²) in [5.41, 5.74) is 1.32. The minimum Gasteiger partial charge on any atom is -0.465 e. The Morgan fingerprint density at radius 2 is 1.76 bits per heavy atom. The van der Waals surface area contributed by atoms with E-state index in [1.807, 2.05) is 39.8 Å². The Bertz CT molecular complexity index is 610. The number of carbonyl (C=O) groups is 1. The largest absolute Gasteiger partial charge is 0.496 e. The number of ether oxygens (including phenoxy) is 2. The molecule has 1 aliphatic heterocycles. The van der Waals surface area contributed by atoms with Gasteiger partial charge in [-0.25, -0.2) is 4.79 Å². The topological polar surface area (TPSA) is 54.0 Å². The number of hydrogen-bond donors (Lipinski definition) is 0. The van der Waals surface area contributed by atoms with Crippen LogP contribution in [-0.4, -0.2) is 45.1 Å². The molecule has 5 nitrogen and oxygen atoms in total. The minimum atomic E-state index is -0.606.